The molecule has 0 aliphatic heterocycles. The quantitative estimate of drug-likeness (QED) is 0.699. The van der Waals surface area contributed by atoms with Crippen molar-refractivity contribution in [1.82, 2.24) is 10.2 Å². The number of methoxy groups -OCH3 is 1. The molecule has 5 nitrogen and oxygen atoms in total. The molecule has 0 radical (unpaired) electrons. The third kappa shape index (κ3) is 6.69. The summed E-state index contributed by atoms with van der Waals surface area (Å²) in [5.74, 6) is 0.0304. The number of rotatable bonds is 9. The predicted octanol–water partition coefficient (Wildman–Crippen LogP) is 3.70. The molecule has 0 atom stereocenters. The van der Waals surface area contributed by atoms with Crippen LogP contribution in [0.4, 0.5) is 8.78 Å². The van der Waals surface area contributed by atoms with Crippen LogP contribution in [0.3, 0.4) is 0 Å². The standard InChI is InChI=1S/C19H21ClF2N2O3/c1-24(12-18(25)23-10-14-5-3-4-6-15(14)20)11-13-7-8-16(27-19(21)22)17(9-13)26-2/h3-9,19H,10-12H2,1-2H3,(H,23,25). The average molecular weight is 399 g/mol. The third-order valence-corrected chi connectivity index (χ3v) is 4.11. The van der Waals surface area contributed by atoms with E-state index in [1.807, 2.05) is 18.2 Å². The van der Waals surface area contributed by atoms with Gasteiger partial charge in [-0.25, -0.2) is 0 Å². The Bertz CT molecular complexity index is 774. The smallest absolute Gasteiger partial charge is 0.387 e. The Balaban J connectivity index is 1.88. The molecule has 2 aromatic rings. The molecule has 0 saturated carbocycles. The zero-order valence-corrected chi connectivity index (χ0v) is 15.8. The van der Waals surface area contributed by atoms with Gasteiger partial charge in [0.1, 0.15) is 0 Å². The van der Waals surface area contributed by atoms with Gasteiger partial charge in [0, 0.05) is 18.1 Å². The lowest BCUT2D eigenvalue weighted by Crippen LogP contribution is -2.34. The van der Waals surface area contributed by atoms with Gasteiger partial charge in [-0.3, -0.25) is 9.69 Å². The number of carbonyl (C=O) groups is 1. The number of halogens is 3. The van der Waals surface area contributed by atoms with E-state index in [0.29, 0.717) is 18.1 Å². The van der Waals surface area contributed by atoms with Crippen molar-refractivity contribution in [3.63, 3.8) is 0 Å². The number of carbonyl (C=O) groups excluding carboxylic acids is 1. The molecule has 0 spiro atoms. The van der Waals surface area contributed by atoms with Gasteiger partial charge < -0.3 is 14.8 Å². The Morgan fingerprint density at radius 1 is 1.22 bits per heavy atom. The molecule has 2 rings (SSSR count). The zero-order valence-electron chi connectivity index (χ0n) is 15.0. The SMILES string of the molecule is COc1cc(CN(C)CC(=O)NCc2ccccc2Cl)ccc1OC(F)F. The second-order valence-electron chi connectivity index (χ2n) is 5.90. The van der Waals surface area contributed by atoms with Gasteiger partial charge in [0.2, 0.25) is 5.91 Å². The monoisotopic (exact) mass is 398 g/mol. The van der Waals surface area contributed by atoms with E-state index >= 15 is 0 Å². The highest BCUT2D eigenvalue weighted by molar-refractivity contribution is 6.31. The zero-order chi connectivity index (χ0) is 19.8. The first-order chi connectivity index (χ1) is 12.9. The van der Waals surface area contributed by atoms with Gasteiger partial charge in [-0.15, -0.1) is 0 Å². The maximum absolute atomic E-state index is 12.4. The molecule has 0 fully saturated rings. The lowest BCUT2D eigenvalue weighted by atomic mass is 10.2. The summed E-state index contributed by atoms with van der Waals surface area (Å²) < 4.78 is 34.2. The normalized spacial score (nSPS) is 10.9. The van der Waals surface area contributed by atoms with Crippen molar-refractivity contribution >= 4 is 17.5 Å². The van der Waals surface area contributed by atoms with Crippen molar-refractivity contribution in [2.24, 2.45) is 0 Å². The highest BCUT2D eigenvalue weighted by Gasteiger charge is 2.13. The van der Waals surface area contributed by atoms with Crippen molar-refractivity contribution in [2.75, 3.05) is 20.7 Å². The molecule has 1 N–H and O–H groups in total. The molecule has 0 bridgehead atoms. The van der Waals surface area contributed by atoms with Crippen molar-refractivity contribution in [3.05, 3.63) is 58.6 Å². The van der Waals surface area contributed by atoms with Crippen molar-refractivity contribution in [2.45, 2.75) is 19.7 Å². The molecule has 2 aromatic carbocycles. The van der Waals surface area contributed by atoms with E-state index in [9.17, 15) is 13.6 Å². The average Bonchev–Trinajstić information content (AvgIpc) is 2.61. The maximum atomic E-state index is 12.4. The third-order valence-electron chi connectivity index (χ3n) is 3.74. The second kappa shape index (κ2) is 10.1. The summed E-state index contributed by atoms with van der Waals surface area (Å²) in [7, 11) is 3.16. The van der Waals surface area contributed by atoms with Crippen LogP contribution in [0.1, 0.15) is 11.1 Å². The largest absolute Gasteiger partial charge is 0.493 e. The van der Waals surface area contributed by atoms with Gasteiger partial charge in [0.25, 0.3) is 0 Å². The Kier molecular flexibility index (Phi) is 7.82. The van der Waals surface area contributed by atoms with Crippen molar-refractivity contribution < 1.29 is 23.0 Å². The minimum atomic E-state index is -2.92. The topological polar surface area (TPSA) is 50.8 Å². The van der Waals surface area contributed by atoms with E-state index in [2.05, 4.69) is 10.1 Å². The Hall–Kier alpha value is -2.38. The number of hydrogen-bond acceptors (Lipinski definition) is 4. The van der Waals surface area contributed by atoms with Crippen LogP contribution in [0.5, 0.6) is 11.5 Å². The minimum Gasteiger partial charge on any atom is -0.493 e. The first kappa shape index (κ1) is 20.9. The maximum Gasteiger partial charge on any atom is 0.387 e. The fourth-order valence-corrected chi connectivity index (χ4v) is 2.71. The summed E-state index contributed by atoms with van der Waals surface area (Å²) in [6.07, 6.45) is 0. The molecular weight excluding hydrogens is 378 g/mol. The van der Waals surface area contributed by atoms with Crippen LogP contribution in [0.15, 0.2) is 42.5 Å². The van der Waals surface area contributed by atoms with Gasteiger partial charge in [-0.1, -0.05) is 35.9 Å². The Labute approximate surface area is 161 Å². The summed E-state index contributed by atoms with van der Waals surface area (Å²) >= 11 is 6.06. The van der Waals surface area contributed by atoms with Crippen LogP contribution in [-0.4, -0.2) is 38.1 Å². The molecule has 27 heavy (non-hydrogen) atoms. The molecule has 0 aromatic heterocycles. The van der Waals surface area contributed by atoms with Gasteiger partial charge in [0.05, 0.1) is 13.7 Å². The van der Waals surface area contributed by atoms with E-state index in [-0.39, 0.29) is 24.0 Å². The van der Waals surface area contributed by atoms with E-state index in [1.54, 1.807) is 30.1 Å². The minimum absolute atomic E-state index is 0.0311. The van der Waals surface area contributed by atoms with Crippen molar-refractivity contribution in [3.8, 4) is 11.5 Å². The summed E-state index contributed by atoms with van der Waals surface area (Å²) in [5, 5.41) is 3.42. The van der Waals surface area contributed by atoms with Crippen molar-refractivity contribution in [1.29, 1.82) is 0 Å². The first-order valence-electron chi connectivity index (χ1n) is 8.19. The molecule has 146 valence electrons. The molecule has 1 amide bonds. The summed E-state index contributed by atoms with van der Waals surface area (Å²) in [6, 6.07) is 12.0. The second-order valence-corrected chi connectivity index (χ2v) is 6.31. The van der Waals surface area contributed by atoms with Crippen LogP contribution < -0.4 is 14.8 Å². The number of hydrogen-bond donors (Lipinski definition) is 1. The lowest BCUT2D eigenvalue weighted by molar-refractivity contribution is -0.122. The number of nitrogens with one attached hydrogen (secondary N) is 1. The van der Waals surface area contributed by atoms with Crippen LogP contribution in [-0.2, 0) is 17.9 Å². The van der Waals surface area contributed by atoms with Crippen LogP contribution in [0, 0.1) is 0 Å². The Morgan fingerprint density at radius 2 is 1.96 bits per heavy atom. The molecule has 0 saturated heterocycles. The first-order valence-corrected chi connectivity index (χ1v) is 8.57. The lowest BCUT2D eigenvalue weighted by Gasteiger charge is -2.18. The van der Waals surface area contributed by atoms with E-state index in [1.165, 1.54) is 13.2 Å². The molecule has 0 unspecified atom stereocenters. The van der Waals surface area contributed by atoms with Crippen LogP contribution in [0.25, 0.3) is 0 Å². The number of amides is 1. The van der Waals surface area contributed by atoms with E-state index in [4.69, 9.17) is 16.3 Å². The van der Waals surface area contributed by atoms with E-state index in [0.717, 1.165) is 11.1 Å². The number of likely N-dealkylation sites (N-methyl/N-ethyl adjacent to an activating group) is 1. The molecule has 0 aliphatic carbocycles. The number of ether oxygens (including phenoxy) is 2. The van der Waals surface area contributed by atoms with Gasteiger partial charge in [0.15, 0.2) is 11.5 Å². The number of nitrogens with zero attached hydrogens (tertiary/aromatic N) is 1. The van der Waals surface area contributed by atoms with Crippen LogP contribution >= 0.6 is 11.6 Å². The predicted molar refractivity (Wildman–Crippen MR) is 99.3 cm³/mol. The van der Waals surface area contributed by atoms with Gasteiger partial charge in [-0.05, 0) is 36.4 Å². The highest BCUT2D eigenvalue weighted by Crippen LogP contribution is 2.29. The summed E-state index contributed by atoms with van der Waals surface area (Å²) in [4.78, 5) is 13.9. The summed E-state index contributed by atoms with van der Waals surface area (Å²) in [5.41, 5.74) is 1.64. The van der Waals surface area contributed by atoms with Gasteiger partial charge >= 0.3 is 6.61 Å². The van der Waals surface area contributed by atoms with Crippen LogP contribution in [0.2, 0.25) is 5.02 Å². The number of alkyl halides is 2. The molecular formula is C19H21ClF2N2O3. The fraction of sp³-hybridized carbons (Fsp3) is 0.316. The molecule has 0 heterocycles. The van der Waals surface area contributed by atoms with E-state index < -0.39 is 6.61 Å². The summed E-state index contributed by atoms with van der Waals surface area (Å²) in [6.45, 7) is -1.97. The molecule has 0 aliphatic rings. The van der Waals surface area contributed by atoms with Gasteiger partial charge in [-0.2, -0.15) is 8.78 Å². The fourth-order valence-electron chi connectivity index (χ4n) is 2.51. The Morgan fingerprint density at radius 3 is 2.63 bits per heavy atom. The highest BCUT2D eigenvalue weighted by atomic mass is 35.5. The molecule has 8 heteroatoms. The number of benzene rings is 2.